The Balaban J connectivity index is 1.90. The van der Waals surface area contributed by atoms with Crippen molar-refractivity contribution in [1.82, 2.24) is 9.88 Å². The second-order valence-corrected chi connectivity index (χ2v) is 5.81. The van der Waals surface area contributed by atoms with Crippen molar-refractivity contribution in [3.63, 3.8) is 0 Å². The van der Waals surface area contributed by atoms with Gasteiger partial charge in [-0.1, -0.05) is 11.6 Å². The van der Waals surface area contributed by atoms with Crippen LogP contribution < -0.4 is 5.32 Å². The van der Waals surface area contributed by atoms with Crippen molar-refractivity contribution >= 4 is 17.4 Å². The van der Waals surface area contributed by atoms with Gasteiger partial charge in [0.25, 0.3) is 0 Å². The van der Waals surface area contributed by atoms with E-state index >= 15 is 0 Å². The van der Waals surface area contributed by atoms with Crippen LogP contribution in [0.2, 0.25) is 5.02 Å². The molecular formula is C14H19ClN4O2. The lowest BCUT2D eigenvalue weighted by Gasteiger charge is -2.34. The maximum Gasteiger partial charge on any atom is 0.144 e. The number of nitrogens with one attached hydrogen (secondary N) is 1. The third-order valence-corrected chi connectivity index (χ3v) is 3.56. The quantitative estimate of drug-likeness (QED) is 0.847. The highest BCUT2D eigenvalue weighted by molar-refractivity contribution is 6.33. The van der Waals surface area contributed by atoms with E-state index in [9.17, 15) is 5.11 Å². The average molecular weight is 311 g/mol. The molecule has 1 aromatic rings. The number of halogens is 1. The Hall–Kier alpha value is -1.39. The smallest absolute Gasteiger partial charge is 0.144 e. The van der Waals surface area contributed by atoms with Gasteiger partial charge < -0.3 is 15.2 Å². The van der Waals surface area contributed by atoms with Crippen molar-refractivity contribution in [2.75, 3.05) is 44.7 Å². The van der Waals surface area contributed by atoms with E-state index in [1.165, 1.54) is 6.20 Å². The summed E-state index contributed by atoms with van der Waals surface area (Å²) in [6.45, 7) is 5.70. The number of aromatic nitrogens is 1. The van der Waals surface area contributed by atoms with Crippen LogP contribution in [0.25, 0.3) is 0 Å². The fourth-order valence-electron chi connectivity index (χ4n) is 2.20. The highest BCUT2D eigenvalue weighted by atomic mass is 35.5. The predicted molar refractivity (Wildman–Crippen MR) is 80.3 cm³/mol. The number of ether oxygens (including phenoxy) is 1. The molecule has 0 saturated carbocycles. The normalized spacial score (nSPS) is 18.8. The molecule has 1 fully saturated rings. The van der Waals surface area contributed by atoms with Gasteiger partial charge in [0.2, 0.25) is 0 Å². The van der Waals surface area contributed by atoms with E-state index in [4.69, 9.17) is 21.6 Å². The van der Waals surface area contributed by atoms with E-state index in [-0.39, 0.29) is 0 Å². The molecular weight excluding hydrogens is 292 g/mol. The van der Waals surface area contributed by atoms with Gasteiger partial charge in [0.1, 0.15) is 11.9 Å². The average Bonchev–Trinajstić information content (AvgIpc) is 2.46. The molecule has 114 valence electrons. The molecule has 0 radical (unpaired) electrons. The number of rotatable bonds is 5. The van der Waals surface area contributed by atoms with Gasteiger partial charge in [-0.25, -0.2) is 4.98 Å². The molecule has 0 unspecified atom stereocenters. The number of β-amino-alcohol motifs (C(OH)–C–C–N with tert-alkyl or cyclic N) is 1. The number of nitrogens with zero attached hydrogens (tertiary/aromatic N) is 3. The molecule has 2 heterocycles. The summed E-state index contributed by atoms with van der Waals surface area (Å²) in [6.07, 6.45) is 1.45. The molecule has 2 N–H and O–H groups in total. The molecule has 0 bridgehead atoms. The first-order chi connectivity index (χ1) is 10.00. The first-order valence-corrected chi connectivity index (χ1v) is 7.20. The van der Waals surface area contributed by atoms with Gasteiger partial charge in [0.15, 0.2) is 0 Å². The summed E-state index contributed by atoms with van der Waals surface area (Å²) in [7, 11) is 0. The Labute approximate surface area is 129 Å². The summed E-state index contributed by atoms with van der Waals surface area (Å²) in [5.41, 5.74) is -0.499. The van der Waals surface area contributed by atoms with Crippen LogP contribution >= 0.6 is 11.6 Å². The van der Waals surface area contributed by atoms with Crippen LogP contribution in [-0.2, 0) is 4.74 Å². The minimum atomic E-state index is -0.906. The lowest BCUT2D eigenvalue weighted by molar-refractivity contribution is -0.0163. The molecule has 1 saturated heterocycles. The molecule has 1 aliphatic rings. The molecule has 1 aromatic heterocycles. The third-order valence-electron chi connectivity index (χ3n) is 3.27. The summed E-state index contributed by atoms with van der Waals surface area (Å²) < 4.78 is 5.29. The van der Waals surface area contributed by atoms with Crippen LogP contribution in [-0.4, -0.2) is 60.0 Å². The highest BCUT2D eigenvalue weighted by Crippen LogP contribution is 2.20. The number of hydrogen-bond donors (Lipinski definition) is 2. The summed E-state index contributed by atoms with van der Waals surface area (Å²) in [6, 6.07) is 3.53. The molecule has 21 heavy (non-hydrogen) atoms. The van der Waals surface area contributed by atoms with Gasteiger partial charge in [-0.05, 0) is 13.0 Å². The fourth-order valence-corrected chi connectivity index (χ4v) is 2.43. The van der Waals surface area contributed by atoms with Gasteiger partial charge in [-0.15, -0.1) is 0 Å². The van der Waals surface area contributed by atoms with Gasteiger partial charge in [0.05, 0.1) is 29.4 Å². The lowest BCUT2D eigenvalue weighted by atomic mass is 10.1. The minimum Gasteiger partial charge on any atom is -0.387 e. The standard InChI is InChI=1S/C14H19ClN4O2/c1-14(20,10-19-2-4-21-5-3-19)9-18-13-12(15)6-11(7-16)8-17-13/h6,8,20H,2-5,9-10H2,1H3,(H,17,18)/t14-/m0/s1. The van der Waals surface area contributed by atoms with Crippen molar-refractivity contribution < 1.29 is 9.84 Å². The number of aliphatic hydroxyl groups is 1. The van der Waals surface area contributed by atoms with Gasteiger partial charge in [0, 0.05) is 32.4 Å². The Morgan fingerprint density at radius 2 is 2.29 bits per heavy atom. The number of nitriles is 1. The summed E-state index contributed by atoms with van der Waals surface area (Å²) in [5, 5.41) is 22.6. The van der Waals surface area contributed by atoms with Crippen LogP contribution in [0.15, 0.2) is 12.3 Å². The number of morpholine rings is 1. The molecule has 0 aliphatic carbocycles. The molecule has 1 aliphatic heterocycles. The van der Waals surface area contributed by atoms with Crippen molar-refractivity contribution in [2.45, 2.75) is 12.5 Å². The van der Waals surface area contributed by atoms with Crippen LogP contribution in [0, 0.1) is 11.3 Å². The summed E-state index contributed by atoms with van der Waals surface area (Å²) in [5.74, 6) is 0.470. The van der Waals surface area contributed by atoms with E-state index in [2.05, 4.69) is 15.2 Å². The van der Waals surface area contributed by atoms with Gasteiger partial charge in [-0.3, -0.25) is 4.90 Å². The van der Waals surface area contributed by atoms with Crippen molar-refractivity contribution in [3.8, 4) is 6.07 Å². The van der Waals surface area contributed by atoms with E-state index in [0.717, 1.165) is 13.1 Å². The number of anilines is 1. The molecule has 0 spiro atoms. The zero-order chi connectivity index (χ0) is 15.3. The molecule has 6 nitrogen and oxygen atoms in total. The SMILES string of the molecule is C[C@](O)(CNc1ncc(C#N)cc1Cl)CN1CCOCC1. The van der Waals surface area contributed by atoms with Crippen molar-refractivity contribution in [1.29, 1.82) is 5.26 Å². The highest BCUT2D eigenvalue weighted by Gasteiger charge is 2.25. The number of pyridine rings is 1. The summed E-state index contributed by atoms with van der Waals surface area (Å²) in [4.78, 5) is 6.25. The second kappa shape index (κ2) is 7.05. The molecule has 7 heteroatoms. The second-order valence-electron chi connectivity index (χ2n) is 5.41. The summed E-state index contributed by atoms with van der Waals surface area (Å²) >= 11 is 6.04. The van der Waals surface area contributed by atoms with E-state index < -0.39 is 5.60 Å². The fraction of sp³-hybridized carbons (Fsp3) is 0.571. The Morgan fingerprint density at radius 1 is 1.57 bits per heavy atom. The predicted octanol–water partition coefficient (Wildman–Crippen LogP) is 1.10. The Kier molecular flexibility index (Phi) is 5.37. The van der Waals surface area contributed by atoms with Crippen LogP contribution in [0.1, 0.15) is 12.5 Å². The topological polar surface area (TPSA) is 81.4 Å². The van der Waals surface area contributed by atoms with Crippen molar-refractivity contribution in [3.05, 3.63) is 22.8 Å². The molecule has 0 aromatic carbocycles. The third kappa shape index (κ3) is 4.83. The van der Waals surface area contributed by atoms with Gasteiger partial charge in [-0.2, -0.15) is 5.26 Å². The zero-order valence-corrected chi connectivity index (χ0v) is 12.7. The number of hydrogen-bond acceptors (Lipinski definition) is 6. The van der Waals surface area contributed by atoms with Crippen molar-refractivity contribution in [2.24, 2.45) is 0 Å². The molecule has 1 atom stereocenters. The maximum absolute atomic E-state index is 10.5. The largest absolute Gasteiger partial charge is 0.387 e. The van der Waals surface area contributed by atoms with Crippen LogP contribution in [0.4, 0.5) is 5.82 Å². The lowest BCUT2D eigenvalue weighted by Crippen LogP contribution is -2.49. The first-order valence-electron chi connectivity index (χ1n) is 6.82. The Morgan fingerprint density at radius 3 is 2.90 bits per heavy atom. The monoisotopic (exact) mass is 310 g/mol. The maximum atomic E-state index is 10.5. The van der Waals surface area contributed by atoms with Crippen LogP contribution in [0.5, 0.6) is 0 Å². The molecule has 2 rings (SSSR count). The van der Waals surface area contributed by atoms with E-state index in [1.807, 2.05) is 6.07 Å². The molecule has 0 amide bonds. The zero-order valence-electron chi connectivity index (χ0n) is 12.0. The van der Waals surface area contributed by atoms with E-state index in [0.29, 0.717) is 42.7 Å². The van der Waals surface area contributed by atoms with Crippen LogP contribution in [0.3, 0.4) is 0 Å². The first kappa shape index (κ1) is 16.0. The minimum absolute atomic E-state index is 0.322. The van der Waals surface area contributed by atoms with Gasteiger partial charge >= 0.3 is 0 Å². The van der Waals surface area contributed by atoms with E-state index in [1.54, 1.807) is 13.0 Å². The Bertz CT molecular complexity index is 524.